The van der Waals surface area contributed by atoms with Crippen LogP contribution < -0.4 is 11.1 Å². The number of carbonyl (C=O) groups is 2. The first-order valence-corrected chi connectivity index (χ1v) is 13.2. The van der Waals surface area contributed by atoms with E-state index in [1.54, 1.807) is 29.1 Å². The van der Waals surface area contributed by atoms with Crippen molar-refractivity contribution >= 4 is 28.7 Å². The van der Waals surface area contributed by atoms with Gasteiger partial charge in [-0.25, -0.2) is 14.1 Å². The molecule has 0 radical (unpaired) electrons. The summed E-state index contributed by atoms with van der Waals surface area (Å²) in [5.41, 5.74) is 7.70. The molecular formula is C28H30FN7O3. The van der Waals surface area contributed by atoms with Crippen molar-refractivity contribution in [1.82, 2.24) is 24.2 Å². The van der Waals surface area contributed by atoms with E-state index in [4.69, 9.17) is 10.5 Å². The van der Waals surface area contributed by atoms with E-state index in [1.165, 1.54) is 12.1 Å². The number of primary amides is 1. The number of benzene rings is 1. The largest absolute Gasteiger partial charge is 0.383 e. The second kappa shape index (κ2) is 9.85. The Balaban J connectivity index is 1.38. The van der Waals surface area contributed by atoms with Gasteiger partial charge < -0.3 is 25.3 Å². The van der Waals surface area contributed by atoms with Gasteiger partial charge in [0.2, 0.25) is 5.91 Å². The van der Waals surface area contributed by atoms with Crippen molar-refractivity contribution in [1.29, 1.82) is 0 Å². The van der Waals surface area contributed by atoms with E-state index in [9.17, 15) is 9.59 Å². The second-order valence-electron chi connectivity index (χ2n) is 10.4. The highest BCUT2D eigenvalue weighted by atomic mass is 19.1. The average molecular weight is 532 g/mol. The van der Waals surface area contributed by atoms with Crippen molar-refractivity contribution in [3.8, 4) is 11.8 Å². The highest BCUT2D eigenvalue weighted by Crippen LogP contribution is 2.38. The molecule has 202 valence electrons. The SMILES string of the molecule is C=CC(=O)N1CC(n2nc(C#Cc3cc4ncn(C5CC5)c4cc3F)c(C(N)=O)c2NC2CC2)C[C@@H]1COC. The summed E-state index contributed by atoms with van der Waals surface area (Å²) < 4.78 is 24.1. The van der Waals surface area contributed by atoms with Crippen LogP contribution in [0.3, 0.4) is 0 Å². The maximum Gasteiger partial charge on any atom is 0.255 e. The first kappa shape index (κ1) is 25.1. The van der Waals surface area contributed by atoms with Crippen LogP contribution in [0.5, 0.6) is 0 Å². The number of nitrogens with two attached hydrogens (primary N) is 1. The summed E-state index contributed by atoms with van der Waals surface area (Å²) >= 11 is 0. The zero-order valence-corrected chi connectivity index (χ0v) is 21.7. The quantitative estimate of drug-likeness (QED) is 0.341. The van der Waals surface area contributed by atoms with Gasteiger partial charge in [0.15, 0.2) is 5.69 Å². The van der Waals surface area contributed by atoms with Gasteiger partial charge in [-0.05, 0) is 50.2 Å². The molecule has 10 nitrogen and oxygen atoms in total. The molecular weight excluding hydrogens is 501 g/mol. The van der Waals surface area contributed by atoms with E-state index >= 15 is 4.39 Å². The minimum Gasteiger partial charge on any atom is -0.383 e. The molecule has 3 heterocycles. The van der Waals surface area contributed by atoms with E-state index in [0.717, 1.165) is 31.2 Å². The van der Waals surface area contributed by atoms with Crippen molar-refractivity contribution < 1.29 is 18.7 Å². The lowest BCUT2D eigenvalue weighted by molar-refractivity contribution is -0.127. The van der Waals surface area contributed by atoms with Gasteiger partial charge in [-0.1, -0.05) is 12.5 Å². The van der Waals surface area contributed by atoms with Gasteiger partial charge in [0, 0.05) is 31.8 Å². The predicted octanol–water partition coefficient (Wildman–Crippen LogP) is 2.75. The molecule has 1 saturated heterocycles. The lowest BCUT2D eigenvalue weighted by Gasteiger charge is -2.22. The number of halogens is 1. The number of nitrogens with zero attached hydrogens (tertiary/aromatic N) is 5. The molecule has 0 spiro atoms. The molecule has 3 fully saturated rings. The third kappa shape index (κ3) is 4.76. The second-order valence-corrected chi connectivity index (χ2v) is 10.4. The number of fused-ring (bicyclic) bond motifs is 1. The van der Waals surface area contributed by atoms with Crippen molar-refractivity contribution in [2.24, 2.45) is 5.73 Å². The highest BCUT2D eigenvalue weighted by molar-refractivity contribution is 6.00. The third-order valence-corrected chi connectivity index (χ3v) is 7.55. The molecule has 1 aromatic carbocycles. The number of carbonyl (C=O) groups excluding carboxylic acids is 2. The summed E-state index contributed by atoms with van der Waals surface area (Å²) in [5, 5.41) is 8.06. The van der Waals surface area contributed by atoms with E-state index in [1.807, 2.05) is 4.57 Å². The third-order valence-electron chi connectivity index (χ3n) is 7.55. The number of likely N-dealkylation sites (tertiary alicyclic amines) is 1. The Labute approximate surface area is 225 Å². The number of anilines is 1. The van der Waals surface area contributed by atoms with Crippen LogP contribution in [0.4, 0.5) is 10.2 Å². The maximum atomic E-state index is 15.1. The molecule has 1 unspecified atom stereocenters. The van der Waals surface area contributed by atoms with Crippen molar-refractivity contribution in [2.45, 2.75) is 56.3 Å². The number of hydrogen-bond acceptors (Lipinski definition) is 6. The molecule has 2 aromatic heterocycles. The van der Waals surface area contributed by atoms with Crippen LogP contribution in [0.15, 0.2) is 31.1 Å². The van der Waals surface area contributed by atoms with Gasteiger partial charge in [-0.3, -0.25) is 9.59 Å². The van der Waals surface area contributed by atoms with Crippen LogP contribution in [-0.4, -0.2) is 68.4 Å². The molecule has 3 aliphatic rings. The zero-order chi connectivity index (χ0) is 27.3. The fraction of sp³-hybridized carbons (Fsp3) is 0.429. The van der Waals surface area contributed by atoms with Crippen LogP contribution in [0, 0.1) is 17.7 Å². The van der Waals surface area contributed by atoms with E-state index in [0.29, 0.717) is 36.9 Å². The number of methoxy groups -OCH3 is 1. The summed E-state index contributed by atoms with van der Waals surface area (Å²) in [4.78, 5) is 31.3. The molecule has 2 saturated carbocycles. The Bertz CT molecular complexity index is 1540. The van der Waals surface area contributed by atoms with Gasteiger partial charge in [0.1, 0.15) is 17.2 Å². The Morgan fingerprint density at radius 2 is 2.05 bits per heavy atom. The first-order chi connectivity index (χ1) is 18.9. The zero-order valence-electron chi connectivity index (χ0n) is 21.7. The Morgan fingerprint density at radius 1 is 1.26 bits per heavy atom. The maximum absolute atomic E-state index is 15.1. The minimum absolute atomic E-state index is 0.158. The molecule has 11 heteroatoms. The van der Waals surface area contributed by atoms with Crippen molar-refractivity contribution in [3.63, 3.8) is 0 Å². The summed E-state index contributed by atoms with van der Waals surface area (Å²) in [7, 11) is 1.59. The van der Waals surface area contributed by atoms with E-state index in [2.05, 4.69) is 33.8 Å². The van der Waals surface area contributed by atoms with Gasteiger partial charge in [0.25, 0.3) is 5.91 Å². The van der Waals surface area contributed by atoms with E-state index < -0.39 is 11.7 Å². The number of ether oxygens (including phenoxy) is 1. The summed E-state index contributed by atoms with van der Waals surface area (Å²) in [6.07, 6.45) is 7.63. The normalized spacial score (nSPS) is 20.6. The number of aromatic nitrogens is 4. The number of imidazole rings is 1. The van der Waals surface area contributed by atoms with Crippen molar-refractivity contribution in [3.05, 3.63) is 53.8 Å². The lowest BCUT2D eigenvalue weighted by Crippen LogP contribution is -2.37. The molecule has 0 bridgehead atoms. The van der Waals surface area contributed by atoms with Gasteiger partial charge in [-0.15, -0.1) is 0 Å². The monoisotopic (exact) mass is 531 g/mol. The summed E-state index contributed by atoms with van der Waals surface area (Å²) in [6, 6.07) is 3.23. The molecule has 6 rings (SSSR count). The van der Waals surface area contributed by atoms with Crippen LogP contribution in [0.2, 0.25) is 0 Å². The molecule has 3 N–H and O–H groups in total. The lowest BCUT2D eigenvalue weighted by atomic mass is 10.1. The molecule has 2 atom stereocenters. The number of amides is 2. The highest BCUT2D eigenvalue weighted by Gasteiger charge is 2.39. The number of nitrogens with one attached hydrogen (secondary N) is 1. The fourth-order valence-corrected chi connectivity index (χ4v) is 5.30. The topological polar surface area (TPSA) is 120 Å². The number of rotatable bonds is 8. The van der Waals surface area contributed by atoms with Gasteiger partial charge in [-0.2, -0.15) is 5.10 Å². The Kier molecular flexibility index (Phi) is 6.35. The van der Waals surface area contributed by atoms with Crippen LogP contribution in [0.1, 0.15) is 65.8 Å². The van der Waals surface area contributed by atoms with Crippen molar-refractivity contribution in [2.75, 3.05) is 25.6 Å². The smallest absolute Gasteiger partial charge is 0.255 e. The molecule has 1 aliphatic heterocycles. The average Bonchev–Trinajstić information content (AvgIpc) is 3.81. The van der Waals surface area contributed by atoms with Crippen LogP contribution in [-0.2, 0) is 9.53 Å². The Morgan fingerprint density at radius 3 is 2.72 bits per heavy atom. The predicted molar refractivity (Wildman–Crippen MR) is 143 cm³/mol. The first-order valence-electron chi connectivity index (χ1n) is 13.2. The standard InChI is InChI=1S/C28H30FN7O3/c1-3-25(37)34-13-19(11-20(34)14-39-2)36-28(32-17-5-6-17)26(27(30)38)22(33-36)9-4-16-10-23-24(12-21(16)29)35(15-31-23)18-7-8-18/h3,10,12,15,17-20,32H,1,5-8,11,13-14H2,2H3,(H2,30,38)/t19?,20-/m1/s1. The van der Waals surface area contributed by atoms with Crippen LogP contribution >= 0.6 is 0 Å². The van der Waals surface area contributed by atoms with Gasteiger partial charge in [0.05, 0.1) is 41.6 Å². The van der Waals surface area contributed by atoms with Gasteiger partial charge >= 0.3 is 0 Å². The molecule has 39 heavy (non-hydrogen) atoms. The molecule has 3 aromatic rings. The minimum atomic E-state index is -0.682. The summed E-state index contributed by atoms with van der Waals surface area (Å²) in [6.45, 7) is 4.33. The summed E-state index contributed by atoms with van der Waals surface area (Å²) in [5.74, 6) is 4.88. The fourth-order valence-electron chi connectivity index (χ4n) is 5.30. The Hall–Kier alpha value is -4.17. The number of hydrogen-bond donors (Lipinski definition) is 2. The molecule has 2 aliphatic carbocycles. The molecule has 2 amide bonds. The van der Waals surface area contributed by atoms with Crippen LogP contribution in [0.25, 0.3) is 11.0 Å². The van der Waals surface area contributed by atoms with E-state index in [-0.39, 0.29) is 40.9 Å².